The summed E-state index contributed by atoms with van der Waals surface area (Å²) in [5.41, 5.74) is 5.80. The smallest absolute Gasteiger partial charge is 0.119 e. The Labute approximate surface area is 222 Å². The highest BCUT2D eigenvalue weighted by atomic mass is 127. The minimum absolute atomic E-state index is 0.121. The molecule has 0 bridgehead atoms. The van der Waals surface area contributed by atoms with E-state index in [1.165, 1.54) is 0 Å². The molecule has 0 unspecified atom stereocenters. The third kappa shape index (κ3) is 4.88. The zero-order chi connectivity index (χ0) is 25.2. The van der Waals surface area contributed by atoms with E-state index in [2.05, 4.69) is 22.6 Å². The predicted molar refractivity (Wildman–Crippen MR) is 151 cm³/mol. The van der Waals surface area contributed by atoms with Crippen LogP contribution >= 0.6 is 22.6 Å². The summed E-state index contributed by atoms with van der Waals surface area (Å²) in [5.74, 6) is 0.163. The summed E-state index contributed by atoms with van der Waals surface area (Å²) in [6.45, 7) is 0. The quantitative estimate of drug-likeness (QED) is 0.126. The van der Waals surface area contributed by atoms with E-state index in [4.69, 9.17) is 0 Å². The molecule has 5 aromatic rings. The van der Waals surface area contributed by atoms with E-state index < -0.39 is 5.92 Å². The fourth-order valence-corrected chi connectivity index (χ4v) is 5.02. The van der Waals surface area contributed by atoms with E-state index in [1.807, 2.05) is 72.8 Å². The Morgan fingerprint density at radius 1 is 0.472 bits per heavy atom. The summed E-state index contributed by atoms with van der Waals surface area (Å²) in [4.78, 5) is 0. The Balaban J connectivity index is 1.71. The molecule has 0 aromatic heterocycles. The van der Waals surface area contributed by atoms with Crippen LogP contribution in [0.15, 0.2) is 109 Å². The molecule has 178 valence electrons. The first-order valence-corrected chi connectivity index (χ1v) is 12.5. The Bertz CT molecular complexity index is 1430. The van der Waals surface area contributed by atoms with Crippen LogP contribution in [0, 0.1) is 3.57 Å². The SMILES string of the molecule is Oc1ccc(-c2ccc(O)c(C(c3cccc(I)c3)c3cc(-c4ccc(O)cc4)ccc3O)c2)cc1. The van der Waals surface area contributed by atoms with Crippen molar-refractivity contribution in [2.75, 3.05) is 0 Å². The first-order valence-electron chi connectivity index (χ1n) is 11.4. The second-order valence-electron chi connectivity index (χ2n) is 8.63. The zero-order valence-electron chi connectivity index (χ0n) is 19.1. The molecule has 5 heteroatoms. The van der Waals surface area contributed by atoms with Gasteiger partial charge >= 0.3 is 0 Å². The fraction of sp³-hybridized carbons (Fsp3) is 0.0323. The van der Waals surface area contributed by atoms with Crippen LogP contribution in [0.25, 0.3) is 22.3 Å². The van der Waals surface area contributed by atoms with Crippen LogP contribution in [0.3, 0.4) is 0 Å². The van der Waals surface area contributed by atoms with E-state index in [1.54, 1.807) is 36.4 Å². The molecule has 0 saturated heterocycles. The molecule has 4 N–H and O–H groups in total. The summed E-state index contributed by atoms with van der Waals surface area (Å²) in [6, 6.07) is 32.7. The average Bonchev–Trinajstić information content (AvgIpc) is 2.87. The lowest BCUT2D eigenvalue weighted by atomic mass is 9.82. The Kier molecular flexibility index (Phi) is 6.57. The lowest BCUT2D eigenvalue weighted by Crippen LogP contribution is -2.05. The molecule has 0 fully saturated rings. The maximum absolute atomic E-state index is 11.0. The lowest BCUT2D eigenvalue weighted by Gasteiger charge is -2.23. The van der Waals surface area contributed by atoms with Crippen LogP contribution in [0.5, 0.6) is 23.0 Å². The second kappa shape index (κ2) is 9.95. The third-order valence-electron chi connectivity index (χ3n) is 6.26. The third-order valence-corrected chi connectivity index (χ3v) is 6.93. The van der Waals surface area contributed by atoms with Crippen LogP contribution in [0.1, 0.15) is 22.6 Å². The van der Waals surface area contributed by atoms with Gasteiger partial charge in [-0.05, 0) is 111 Å². The number of phenolic OH excluding ortho intramolecular Hbond substituents is 4. The van der Waals surface area contributed by atoms with Gasteiger partial charge in [0.25, 0.3) is 0 Å². The maximum Gasteiger partial charge on any atom is 0.119 e. The normalized spacial score (nSPS) is 11.1. The van der Waals surface area contributed by atoms with E-state index in [-0.39, 0.29) is 23.0 Å². The second-order valence-corrected chi connectivity index (χ2v) is 9.87. The monoisotopic (exact) mass is 586 g/mol. The maximum atomic E-state index is 11.0. The average molecular weight is 586 g/mol. The lowest BCUT2D eigenvalue weighted by molar-refractivity contribution is 0.458. The molecule has 0 radical (unpaired) electrons. The van der Waals surface area contributed by atoms with Crippen LogP contribution in [0.2, 0.25) is 0 Å². The first kappa shape index (κ1) is 23.8. The topological polar surface area (TPSA) is 80.9 Å². The molecule has 0 saturated carbocycles. The first-order chi connectivity index (χ1) is 17.4. The van der Waals surface area contributed by atoms with E-state index in [9.17, 15) is 20.4 Å². The number of halogens is 1. The summed E-state index contributed by atoms with van der Waals surface area (Å²) >= 11 is 2.26. The molecule has 5 rings (SSSR count). The van der Waals surface area contributed by atoms with Crippen molar-refractivity contribution in [1.82, 2.24) is 0 Å². The highest BCUT2D eigenvalue weighted by molar-refractivity contribution is 14.1. The van der Waals surface area contributed by atoms with Crippen molar-refractivity contribution in [3.8, 4) is 45.3 Å². The van der Waals surface area contributed by atoms with Gasteiger partial charge in [-0.15, -0.1) is 0 Å². The summed E-state index contributed by atoms with van der Waals surface area (Å²) < 4.78 is 1.04. The van der Waals surface area contributed by atoms with Gasteiger partial charge in [0.2, 0.25) is 0 Å². The molecule has 5 aromatic carbocycles. The zero-order valence-corrected chi connectivity index (χ0v) is 21.3. The molecule has 0 amide bonds. The van der Waals surface area contributed by atoms with Crippen LogP contribution < -0.4 is 0 Å². The molecule has 0 atom stereocenters. The van der Waals surface area contributed by atoms with Crippen molar-refractivity contribution < 1.29 is 20.4 Å². The summed E-state index contributed by atoms with van der Waals surface area (Å²) in [6.07, 6.45) is 0. The van der Waals surface area contributed by atoms with Gasteiger partial charge in [-0.25, -0.2) is 0 Å². The highest BCUT2D eigenvalue weighted by Gasteiger charge is 2.24. The van der Waals surface area contributed by atoms with Crippen molar-refractivity contribution in [2.24, 2.45) is 0 Å². The van der Waals surface area contributed by atoms with Crippen molar-refractivity contribution in [2.45, 2.75) is 5.92 Å². The van der Waals surface area contributed by atoms with Gasteiger partial charge in [0.15, 0.2) is 0 Å². The Morgan fingerprint density at radius 2 is 0.917 bits per heavy atom. The molecule has 0 aliphatic heterocycles. The minimum Gasteiger partial charge on any atom is -0.508 e. The molecule has 0 heterocycles. The fourth-order valence-electron chi connectivity index (χ4n) is 4.45. The molecule has 0 spiro atoms. The summed E-state index contributed by atoms with van der Waals surface area (Å²) in [5, 5.41) is 41.5. The van der Waals surface area contributed by atoms with E-state index in [0.29, 0.717) is 11.1 Å². The van der Waals surface area contributed by atoms with Crippen molar-refractivity contribution in [3.63, 3.8) is 0 Å². The largest absolute Gasteiger partial charge is 0.508 e. The van der Waals surface area contributed by atoms with Gasteiger partial charge in [-0.1, -0.05) is 48.5 Å². The van der Waals surface area contributed by atoms with Gasteiger partial charge in [0, 0.05) is 20.6 Å². The van der Waals surface area contributed by atoms with Crippen molar-refractivity contribution in [1.29, 1.82) is 0 Å². The number of hydrogen-bond donors (Lipinski definition) is 4. The van der Waals surface area contributed by atoms with E-state index >= 15 is 0 Å². The van der Waals surface area contributed by atoms with Crippen molar-refractivity contribution in [3.05, 3.63) is 129 Å². The van der Waals surface area contributed by atoms with Gasteiger partial charge in [0.05, 0.1) is 0 Å². The predicted octanol–water partition coefficient (Wildman–Crippen LogP) is 7.63. The number of hydrogen-bond acceptors (Lipinski definition) is 4. The standard InChI is InChI=1S/C31H23IO4/c32-24-3-1-2-23(16-24)31(27-17-21(8-14-29(27)35)19-4-10-25(33)11-5-19)28-18-22(9-15-30(28)36)20-6-12-26(34)13-7-20/h1-18,31,33-36H. The minimum atomic E-state index is -0.450. The Morgan fingerprint density at radius 3 is 1.36 bits per heavy atom. The number of aromatic hydroxyl groups is 4. The molecule has 4 nitrogen and oxygen atoms in total. The van der Waals surface area contributed by atoms with Gasteiger partial charge in [0.1, 0.15) is 23.0 Å². The van der Waals surface area contributed by atoms with Crippen LogP contribution in [-0.2, 0) is 0 Å². The van der Waals surface area contributed by atoms with Crippen LogP contribution in [-0.4, -0.2) is 20.4 Å². The molecule has 0 aliphatic rings. The molecular weight excluding hydrogens is 563 g/mol. The van der Waals surface area contributed by atoms with Crippen molar-refractivity contribution >= 4 is 22.6 Å². The molecular formula is C31H23IO4. The molecule has 0 aliphatic carbocycles. The number of phenols is 4. The van der Waals surface area contributed by atoms with Gasteiger partial charge in [-0.2, -0.15) is 0 Å². The summed E-state index contributed by atoms with van der Waals surface area (Å²) in [7, 11) is 0. The highest BCUT2D eigenvalue weighted by Crippen LogP contribution is 2.43. The van der Waals surface area contributed by atoms with E-state index in [0.717, 1.165) is 31.4 Å². The van der Waals surface area contributed by atoms with Gasteiger partial charge in [-0.3, -0.25) is 0 Å². The molecule has 36 heavy (non-hydrogen) atoms. The number of rotatable bonds is 5. The number of benzene rings is 5. The van der Waals surface area contributed by atoms with Gasteiger partial charge < -0.3 is 20.4 Å². The Hall–Kier alpha value is -3.97. The van der Waals surface area contributed by atoms with Crippen LogP contribution in [0.4, 0.5) is 0 Å².